The molecule has 30 nitrogen and oxygen atoms in total. The van der Waals surface area contributed by atoms with E-state index in [-0.39, 0.29) is 124 Å². The highest BCUT2D eigenvalue weighted by atomic mass is 31.1. The first-order chi connectivity index (χ1) is 40.3. The number of rotatable bonds is 45. The highest BCUT2D eigenvalue weighted by molar-refractivity contribution is 7.46. The maximum absolute atomic E-state index is 13.0. The summed E-state index contributed by atoms with van der Waals surface area (Å²) in [6.45, 7) is 1.91. The maximum Gasteiger partial charge on any atom is 0.289 e. The molecule has 0 aromatic rings. The fraction of sp³-hybridized carbons (Fsp3) is 0.887. The van der Waals surface area contributed by atoms with Crippen molar-refractivity contribution in [3.63, 3.8) is 0 Å². The molecular formula is C53H96N4O26P+. The molecule has 16 unspecified atom stereocenters. The fourth-order valence-corrected chi connectivity index (χ4v) is 10.1. The number of nitrogens with one attached hydrogen (secondary N) is 3. The Bertz CT molecular complexity index is 1730. The standard InChI is InChI=1S/C53H95N4O26P/c1-3-4-5-6-7-8-9-10-11-26-84(2)57-40(64)15-22-77-33-53(30-74-19-12-37(61)54-16-23-78-50-47(71)44(68)41(65)34(27-58)81-50,31-75-20-13-38(62)55-17-24-79-51-48(72)45(69)42(66)35(28-59)82-51)32-76-21-14-39(63)56-18-25-80-52-49(73)46(70)43(67)36(29-60)83-52/h3,34-36,41-52,58-60,65-73H,1,4-33H2,2H3,(H2-,54,55,56,61,62,63)/p+1. The van der Waals surface area contributed by atoms with Crippen LogP contribution >= 0.6 is 7.71 Å². The van der Waals surface area contributed by atoms with E-state index < -0.39 is 143 Å². The highest BCUT2D eigenvalue weighted by Crippen LogP contribution is 2.27. The summed E-state index contributed by atoms with van der Waals surface area (Å²) in [6, 6.07) is 0. The third-order valence-electron chi connectivity index (χ3n) is 13.9. The normalized spacial score (nSPS) is 29.0. The molecule has 3 saturated heterocycles. The maximum atomic E-state index is 13.0. The van der Waals surface area contributed by atoms with Crippen LogP contribution in [-0.4, -0.2) is 302 Å². The molecule has 0 aliphatic carbocycles. The topological polar surface area (TPSA) is 452 Å². The zero-order chi connectivity index (χ0) is 61.9. The van der Waals surface area contributed by atoms with Gasteiger partial charge in [0.2, 0.25) is 25.4 Å². The monoisotopic (exact) mass is 1240 g/mol. The van der Waals surface area contributed by atoms with Gasteiger partial charge in [0.15, 0.2) is 18.9 Å². The lowest BCUT2D eigenvalue weighted by Gasteiger charge is -2.39. The summed E-state index contributed by atoms with van der Waals surface area (Å²) in [7, 11) is -0.884. The lowest BCUT2D eigenvalue weighted by Crippen LogP contribution is -2.59. The zero-order valence-electron chi connectivity index (χ0n) is 48.1. The van der Waals surface area contributed by atoms with Crippen LogP contribution in [0.1, 0.15) is 77.0 Å². The number of carbonyl (C=O) groups is 4. The van der Waals surface area contributed by atoms with Crippen LogP contribution in [0.3, 0.4) is 0 Å². The van der Waals surface area contributed by atoms with Gasteiger partial charge in [-0.2, -0.15) is 0 Å². The third kappa shape index (κ3) is 28.0. The van der Waals surface area contributed by atoms with Crippen molar-refractivity contribution in [2.45, 2.75) is 169 Å². The van der Waals surface area contributed by atoms with Crippen molar-refractivity contribution >= 4 is 31.3 Å². The van der Waals surface area contributed by atoms with Gasteiger partial charge in [0.25, 0.3) is 5.91 Å². The number of hydrogen-bond donors (Lipinski definition) is 15. The summed E-state index contributed by atoms with van der Waals surface area (Å²) in [4.78, 5) is 51.6. The average molecular weight is 1240 g/mol. The average Bonchev–Trinajstić information content (AvgIpc) is 3.29. The first-order valence-corrected chi connectivity index (χ1v) is 30.7. The summed E-state index contributed by atoms with van der Waals surface area (Å²) in [5.74, 6) is -1.73. The molecule has 16 atom stereocenters. The van der Waals surface area contributed by atoms with Gasteiger partial charge in [-0.1, -0.05) is 31.8 Å². The molecule has 31 heteroatoms. The number of allylic oxidation sites excluding steroid dienone is 1. The number of hydrogen-bond acceptors (Lipinski definition) is 26. The molecule has 0 aromatic carbocycles. The molecule has 15 N–H and O–H groups in total. The van der Waals surface area contributed by atoms with Gasteiger partial charge in [0, 0.05) is 38.9 Å². The molecular weight excluding hydrogens is 1140 g/mol. The highest BCUT2D eigenvalue weighted by Gasteiger charge is 2.46. The van der Waals surface area contributed by atoms with Crippen LogP contribution in [0.5, 0.6) is 0 Å². The van der Waals surface area contributed by atoms with Gasteiger partial charge < -0.3 is 125 Å². The third-order valence-corrected chi connectivity index (χ3v) is 15.4. The molecule has 3 fully saturated rings. The Morgan fingerprint density at radius 2 is 0.798 bits per heavy atom. The van der Waals surface area contributed by atoms with E-state index in [9.17, 15) is 80.5 Å². The zero-order valence-corrected chi connectivity index (χ0v) is 49.0. The van der Waals surface area contributed by atoms with Crippen molar-refractivity contribution in [1.29, 1.82) is 0 Å². The van der Waals surface area contributed by atoms with Crippen LogP contribution in [0, 0.1) is 5.41 Å². The van der Waals surface area contributed by atoms with E-state index in [0.29, 0.717) is 0 Å². The number of amides is 4. The fourth-order valence-electron chi connectivity index (χ4n) is 8.84. The van der Waals surface area contributed by atoms with Crippen LogP contribution < -0.4 is 16.0 Å². The van der Waals surface area contributed by atoms with Crippen molar-refractivity contribution in [3.8, 4) is 0 Å². The molecule has 0 aromatic heterocycles. The van der Waals surface area contributed by atoms with Crippen molar-refractivity contribution in [2.24, 2.45) is 10.2 Å². The second-order valence-electron chi connectivity index (χ2n) is 20.9. The molecule has 0 spiro atoms. The SMILES string of the molecule is C=CCCCCCCCCC[P+](C)=NC(=O)CCOCC(COCCC(=O)NCCOC1OC(CO)C(O)C(O)C1O)(COCCC(=O)NCCOC1OC(CO)C(O)C(O)C1O)COCCC(=O)NCCOC1OC(CO)C(O)C(O)C1O. The van der Waals surface area contributed by atoms with E-state index in [2.05, 4.69) is 27.3 Å². The minimum absolute atomic E-state index is 0.0309. The molecule has 0 saturated carbocycles. The summed E-state index contributed by atoms with van der Waals surface area (Å²) >= 11 is 0. The Morgan fingerprint density at radius 3 is 1.13 bits per heavy atom. The van der Waals surface area contributed by atoms with Crippen LogP contribution in [-0.2, 0) is 66.5 Å². The van der Waals surface area contributed by atoms with Crippen LogP contribution in [0.2, 0.25) is 0 Å². The van der Waals surface area contributed by atoms with Crippen LogP contribution in [0.15, 0.2) is 17.4 Å². The number of carbonyl (C=O) groups excluding carboxylic acids is 4. The first kappa shape index (κ1) is 75.3. The van der Waals surface area contributed by atoms with E-state index in [4.69, 9.17) is 47.4 Å². The summed E-state index contributed by atoms with van der Waals surface area (Å²) < 4.78 is 60.8. The molecule has 0 bridgehead atoms. The van der Waals surface area contributed by atoms with Crippen LogP contribution in [0.25, 0.3) is 0 Å². The van der Waals surface area contributed by atoms with Gasteiger partial charge in [-0.15, -0.1) is 6.58 Å². The predicted molar refractivity (Wildman–Crippen MR) is 295 cm³/mol. The van der Waals surface area contributed by atoms with Gasteiger partial charge in [-0.05, 0) is 30.4 Å². The quantitative estimate of drug-likeness (QED) is 0.0155. The minimum atomic E-state index is -1.65. The van der Waals surface area contributed by atoms with Gasteiger partial charge in [0.1, 0.15) is 86.1 Å². The molecule has 488 valence electrons. The lowest BCUT2D eigenvalue weighted by molar-refractivity contribution is -0.300. The Kier molecular flexibility index (Phi) is 38.4. The molecule has 84 heavy (non-hydrogen) atoms. The first-order valence-electron chi connectivity index (χ1n) is 28.8. The van der Waals surface area contributed by atoms with Crippen molar-refractivity contribution in [3.05, 3.63) is 12.7 Å². The second-order valence-corrected chi connectivity index (χ2v) is 22.9. The Labute approximate surface area is 490 Å². The molecule has 3 rings (SSSR count). The van der Waals surface area contributed by atoms with Crippen molar-refractivity contribution in [1.82, 2.24) is 16.0 Å². The van der Waals surface area contributed by atoms with E-state index >= 15 is 0 Å². The molecule has 4 amide bonds. The number of nitrogens with zero attached hydrogens (tertiary/aromatic N) is 1. The van der Waals surface area contributed by atoms with Crippen LogP contribution in [0.4, 0.5) is 0 Å². The van der Waals surface area contributed by atoms with E-state index in [1.54, 1.807) is 0 Å². The van der Waals surface area contributed by atoms with E-state index in [1.807, 2.05) is 12.7 Å². The largest absolute Gasteiger partial charge is 0.394 e. The lowest BCUT2D eigenvalue weighted by atomic mass is 9.92. The van der Waals surface area contributed by atoms with Crippen molar-refractivity contribution < 1.29 is 128 Å². The molecule has 3 aliphatic rings. The number of aliphatic hydroxyl groups is 12. The van der Waals surface area contributed by atoms with Crippen molar-refractivity contribution in [2.75, 3.05) is 125 Å². The van der Waals surface area contributed by atoms with E-state index in [0.717, 1.165) is 44.7 Å². The number of unbranched alkanes of at least 4 members (excludes halogenated alkanes) is 7. The Balaban J connectivity index is 1.63. The van der Waals surface area contributed by atoms with Gasteiger partial charge in [-0.25, -0.2) is 0 Å². The Hall–Kier alpha value is -2.96. The summed E-state index contributed by atoms with van der Waals surface area (Å²) in [6.07, 6.45) is -11.2. The van der Waals surface area contributed by atoms with Gasteiger partial charge in [-0.3, -0.25) is 19.2 Å². The predicted octanol–water partition coefficient (Wildman–Crippen LogP) is -4.47. The number of ether oxygens (including phenoxy) is 10. The van der Waals surface area contributed by atoms with Gasteiger partial charge in [0.05, 0.1) is 104 Å². The summed E-state index contributed by atoms with van der Waals surface area (Å²) in [5.41, 5.74) is -1.19. The second kappa shape index (κ2) is 42.8. The molecule has 3 aliphatic heterocycles. The minimum Gasteiger partial charge on any atom is -0.394 e. The smallest absolute Gasteiger partial charge is 0.289 e. The molecule has 0 radical (unpaired) electrons. The van der Waals surface area contributed by atoms with E-state index in [1.165, 1.54) is 12.8 Å². The number of aliphatic hydroxyl groups excluding tert-OH is 12. The van der Waals surface area contributed by atoms with Gasteiger partial charge >= 0.3 is 0 Å². The summed E-state index contributed by atoms with van der Waals surface area (Å²) in [5, 5.41) is 127. The molecule has 3 heterocycles. The Morgan fingerprint density at radius 1 is 0.476 bits per heavy atom.